The minimum Gasteiger partial charge on any atom is -0.407 e. The van der Waals surface area contributed by atoms with Gasteiger partial charge in [-0.25, -0.2) is 9.00 Å². The maximum absolute atomic E-state index is 11.7. The van der Waals surface area contributed by atoms with E-state index in [0.29, 0.717) is 29.0 Å². The second kappa shape index (κ2) is 12.5. The zero-order chi connectivity index (χ0) is 22.8. The van der Waals surface area contributed by atoms with E-state index in [-0.39, 0.29) is 5.91 Å². The number of amides is 1. The van der Waals surface area contributed by atoms with Crippen molar-refractivity contribution in [2.45, 2.75) is 44.9 Å². The van der Waals surface area contributed by atoms with E-state index in [9.17, 15) is 13.8 Å². The maximum Gasteiger partial charge on any atom is 0.417 e. The summed E-state index contributed by atoms with van der Waals surface area (Å²) >= 11 is -2.01. The molecule has 0 radical (unpaired) electrons. The Kier molecular flexibility index (Phi) is 9.39. The Hall–Kier alpha value is -2.56. The number of aromatic amines is 1. The third-order valence-electron chi connectivity index (χ3n) is 5.43. The van der Waals surface area contributed by atoms with Gasteiger partial charge in [0.2, 0.25) is 5.91 Å². The summed E-state index contributed by atoms with van der Waals surface area (Å²) in [6, 6.07) is 5.09. The van der Waals surface area contributed by atoms with Crippen LogP contribution in [0.5, 0.6) is 0 Å². The van der Waals surface area contributed by atoms with Crippen molar-refractivity contribution in [2.75, 3.05) is 19.6 Å². The van der Waals surface area contributed by atoms with Crippen LogP contribution in [0.3, 0.4) is 0 Å². The van der Waals surface area contributed by atoms with Crippen LogP contribution in [0.4, 0.5) is 0 Å². The van der Waals surface area contributed by atoms with E-state index in [1.165, 1.54) is 38.2 Å². The number of carbonyl (C=O) groups is 1. The van der Waals surface area contributed by atoms with Crippen LogP contribution in [0.15, 0.2) is 37.8 Å². The molecule has 0 saturated heterocycles. The number of aliphatic imine (C=N–C) groups is 1. The number of para-hydroxylation sites is 1. The Labute approximate surface area is 189 Å². The molecule has 0 spiro atoms. The zero-order valence-corrected chi connectivity index (χ0v) is 18.8. The molecule has 1 aliphatic heterocycles. The minimum atomic E-state index is -2.01. The summed E-state index contributed by atoms with van der Waals surface area (Å²) in [4.78, 5) is 29.7. The Morgan fingerprint density at radius 3 is 2.72 bits per heavy atom. The number of hydrogen-bond donors (Lipinski definition) is 4. The lowest BCUT2D eigenvalue weighted by atomic mass is 9.88. The van der Waals surface area contributed by atoms with Crippen molar-refractivity contribution in [3.63, 3.8) is 0 Å². The molecular formula is C22H30N4O5S. The first-order valence-electron chi connectivity index (χ1n) is 11.0. The Bertz CT molecular complexity index is 1040. The third-order valence-corrected chi connectivity index (χ3v) is 5.80. The predicted octanol–water partition coefficient (Wildman–Crippen LogP) is 2.78. The highest BCUT2D eigenvalue weighted by atomic mass is 32.2. The summed E-state index contributed by atoms with van der Waals surface area (Å²) in [5, 5.41) is 7.45. The van der Waals surface area contributed by atoms with Crippen LogP contribution >= 0.6 is 0 Å². The number of oxazole rings is 1. The molecule has 174 valence electrons. The summed E-state index contributed by atoms with van der Waals surface area (Å²) in [5.41, 5.74) is 1.52. The van der Waals surface area contributed by atoms with Crippen molar-refractivity contribution in [1.29, 1.82) is 0 Å². The molecule has 2 heterocycles. The second-order valence-corrected chi connectivity index (χ2v) is 8.65. The minimum absolute atomic E-state index is 0.137. The molecule has 4 N–H and O–H groups in total. The van der Waals surface area contributed by atoms with Crippen LogP contribution in [0.2, 0.25) is 0 Å². The third kappa shape index (κ3) is 7.54. The van der Waals surface area contributed by atoms with Gasteiger partial charge in [-0.1, -0.05) is 31.4 Å². The molecule has 1 aliphatic carbocycles. The van der Waals surface area contributed by atoms with Gasteiger partial charge in [0.25, 0.3) is 0 Å². The molecule has 0 bridgehead atoms. The van der Waals surface area contributed by atoms with Gasteiger partial charge in [-0.15, -0.1) is 0 Å². The number of fused-ring (bicyclic) bond motifs is 1. The van der Waals surface area contributed by atoms with Crippen LogP contribution in [0, 0.1) is 5.92 Å². The number of aromatic nitrogens is 1. The molecule has 10 heteroatoms. The van der Waals surface area contributed by atoms with Crippen LogP contribution in [0.25, 0.3) is 17.2 Å². The number of carbonyl (C=O) groups excluding carboxylic acids is 1. The number of H-pyrrole nitrogens is 1. The van der Waals surface area contributed by atoms with Gasteiger partial charge in [-0.2, -0.15) is 0 Å². The molecule has 32 heavy (non-hydrogen) atoms. The quantitative estimate of drug-likeness (QED) is 0.518. The average Bonchev–Trinajstić information content (AvgIpc) is 3.18. The van der Waals surface area contributed by atoms with E-state index >= 15 is 0 Å². The second-order valence-electron chi connectivity index (χ2n) is 7.82. The smallest absolute Gasteiger partial charge is 0.407 e. The number of hydrogen-bond acceptors (Lipinski definition) is 6. The van der Waals surface area contributed by atoms with Crippen molar-refractivity contribution < 1.29 is 18.0 Å². The summed E-state index contributed by atoms with van der Waals surface area (Å²) in [5.74, 6) is 1.04. The molecule has 1 fully saturated rings. The highest BCUT2D eigenvalue weighted by Gasteiger charge is 2.21. The van der Waals surface area contributed by atoms with Crippen LogP contribution in [-0.2, 0) is 15.9 Å². The zero-order valence-electron chi connectivity index (χ0n) is 18.0. The molecule has 9 nitrogen and oxygen atoms in total. The van der Waals surface area contributed by atoms with E-state index in [4.69, 9.17) is 8.97 Å². The molecule has 4 rings (SSSR count). The topological polar surface area (TPSA) is 137 Å². The summed E-state index contributed by atoms with van der Waals surface area (Å²) < 4.78 is 23.9. The van der Waals surface area contributed by atoms with Gasteiger partial charge < -0.3 is 19.6 Å². The van der Waals surface area contributed by atoms with Crippen LogP contribution in [-0.4, -0.2) is 45.1 Å². The van der Waals surface area contributed by atoms with Gasteiger partial charge >= 0.3 is 5.76 Å². The number of benzene rings is 1. The van der Waals surface area contributed by atoms with E-state index < -0.39 is 16.8 Å². The first-order chi connectivity index (χ1) is 15.5. The van der Waals surface area contributed by atoms with Crippen molar-refractivity contribution in [1.82, 2.24) is 15.6 Å². The van der Waals surface area contributed by atoms with Crippen molar-refractivity contribution >= 4 is 40.0 Å². The molecule has 1 atom stereocenters. The fourth-order valence-electron chi connectivity index (χ4n) is 3.86. The molecule has 1 saturated carbocycles. The van der Waals surface area contributed by atoms with Gasteiger partial charge in [0.1, 0.15) is 5.84 Å². The number of nitrogens with zero attached hydrogens (tertiary/aromatic N) is 1. The predicted molar refractivity (Wildman–Crippen MR) is 126 cm³/mol. The first-order valence-corrected chi connectivity index (χ1v) is 12.1. The molecule has 2 aromatic rings. The normalized spacial score (nSPS) is 19.7. The SMILES string of the molecule is O=C1CCCNCCN=C(C2CCCCC2)N1.O=c1[nH]c2cccc(/C=C/S(=O)O)c2o1. The van der Waals surface area contributed by atoms with Gasteiger partial charge in [-0.05, 0) is 37.9 Å². The van der Waals surface area contributed by atoms with Gasteiger partial charge in [0.15, 0.2) is 16.7 Å². The van der Waals surface area contributed by atoms with Crippen molar-refractivity contribution in [2.24, 2.45) is 10.9 Å². The number of nitrogens with one attached hydrogen (secondary N) is 3. The Morgan fingerprint density at radius 2 is 1.94 bits per heavy atom. The van der Waals surface area contributed by atoms with Crippen LogP contribution in [0.1, 0.15) is 50.5 Å². The Morgan fingerprint density at radius 1 is 1.12 bits per heavy atom. The first kappa shape index (κ1) is 24.1. The largest absolute Gasteiger partial charge is 0.417 e. The van der Waals surface area contributed by atoms with Crippen molar-refractivity contribution in [3.8, 4) is 0 Å². The standard InChI is InChI=1S/C13H23N3O.C9H7NO4S/c17-12-7-4-8-14-9-10-15-13(16-12)11-5-2-1-3-6-11;11-9-10-7-3-1-2-6(8(7)14-9)4-5-15(12)13/h11,14H,1-10H2,(H,15,16,17);1-5H,(H,10,11)(H,12,13)/b;5-4+. The van der Waals surface area contributed by atoms with E-state index in [2.05, 4.69) is 20.6 Å². The monoisotopic (exact) mass is 462 g/mol. The molecule has 1 unspecified atom stereocenters. The Balaban J connectivity index is 0.000000182. The summed E-state index contributed by atoms with van der Waals surface area (Å²) in [6.07, 6.45) is 9.21. The fourth-order valence-corrected chi connectivity index (χ4v) is 4.13. The number of rotatable bonds is 3. The van der Waals surface area contributed by atoms with Crippen LogP contribution < -0.4 is 16.4 Å². The van der Waals surface area contributed by atoms with Gasteiger partial charge in [0.05, 0.1) is 12.1 Å². The van der Waals surface area contributed by atoms with E-state index in [0.717, 1.165) is 37.3 Å². The van der Waals surface area contributed by atoms with Crippen molar-refractivity contribution in [3.05, 3.63) is 39.7 Å². The lowest BCUT2D eigenvalue weighted by Gasteiger charge is -2.24. The molecule has 1 amide bonds. The fraction of sp³-hybridized carbons (Fsp3) is 0.500. The highest BCUT2D eigenvalue weighted by molar-refractivity contribution is 7.82. The lowest BCUT2D eigenvalue weighted by Crippen LogP contribution is -2.38. The molecule has 1 aromatic heterocycles. The highest BCUT2D eigenvalue weighted by Crippen LogP contribution is 2.24. The van der Waals surface area contributed by atoms with Gasteiger partial charge in [-0.3, -0.25) is 14.8 Å². The van der Waals surface area contributed by atoms with Gasteiger partial charge in [0, 0.05) is 29.9 Å². The number of amidine groups is 1. The van der Waals surface area contributed by atoms with E-state index in [1.54, 1.807) is 18.2 Å². The van der Waals surface area contributed by atoms with E-state index in [1.807, 2.05) is 0 Å². The summed E-state index contributed by atoms with van der Waals surface area (Å²) in [6.45, 7) is 2.62. The average molecular weight is 463 g/mol. The molecular weight excluding hydrogens is 432 g/mol. The maximum atomic E-state index is 11.7. The summed E-state index contributed by atoms with van der Waals surface area (Å²) in [7, 11) is 0. The molecule has 1 aromatic carbocycles. The molecule has 2 aliphatic rings. The lowest BCUT2D eigenvalue weighted by molar-refractivity contribution is -0.119.